The predicted octanol–water partition coefficient (Wildman–Crippen LogP) is 2.94. The van der Waals surface area contributed by atoms with Gasteiger partial charge in [-0.2, -0.15) is 0 Å². The summed E-state index contributed by atoms with van der Waals surface area (Å²) in [6, 6.07) is 18.4. The summed E-state index contributed by atoms with van der Waals surface area (Å²) in [7, 11) is 1.84. The van der Waals surface area contributed by atoms with Crippen molar-refractivity contribution in [1.82, 2.24) is 10.2 Å². The third-order valence-electron chi connectivity index (χ3n) is 5.81. The number of para-hydroxylation sites is 2. The molecule has 2 heterocycles. The summed E-state index contributed by atoms with van der Waals surface area (Å²) in [4.78, 5) is 20.9. The van der Waals surface area contributed by atoms with Gasteiger partial charge < -0.3 is 19.9 Å². The molecule has 0 bridgehead atoms. The molecule has 2 aliphatic heterocycles. The lowest BCUT2D eigenvalue weighted by atomic mass is 9.99. The molecule has 1 atom stereocenters. The number of amides is 1. The highest BCUT2D eigenvalue weighted by Gasteiger charge is 2.26. The highest BCUT2D eigenvalue weighted by Crippen LogP contribution is 2.31. The van der Waals surface area contributed by atoms with Crippen molar-refractivity contribution in [2.24, 2.45) is 10.9 Å². The van der Waals surface area contributed by atoms with Crippen molar-refractivity contribution < 1.29 is 9.53 Å². The zero-order chi connectivity index (χ0) is 20.8. The second-order valence-electron chi connectivity index (χ2n) is 7.92. The zero-order valence-corrected chi connectivity index (χ0v) is 17.6. The summed E-state index contributed by atoms with van der Waals surface area (Å²) in [6.07, 6.45) is 3.15. The maximum absolute atomic E-state index is 12.3. The van der Waals surface area contributed by atoms with Crippen molar-refractivity contribution in [3.63, 3.8) is 0 Å². The average Bonchev–Trinajstić information content (AvgIpc) is 3.24. The minimum Gasteiger partial charge on any atom is -0.482 e. The standard InChI is InChI=1S/C24H30N4O2/c1-25-24(27-15-12-20(17-27)16-19-8-3-2-4-9-19)26-13-7-14-28-21-10-5-6-11-22(21)30-18-23(28)29/h2-6,8-11,20H,7,12-18H2,1H3,(H,25,26). The Labute approximate surface area is 178 Å². The van der Waals surface area contributed by atoms with Crippen LogP contribution in [0.1, 0.15) is 18.4 Å². The molecular weight excluding hydrogens is 376 g/mol. The van der Waals surface area contributed by atoms with Crippen LogP contribution in [0.3, 0.4) is 0 Å². The highest BCUT2D eigenvalue weighted by molar-refractivity contribution is 5.97. The van der Waals surface area contributed by atoms with Crippen LogP contribution in [-0.2, 0) is 11.2 Å². The first-order valence-corrected chi connectivity index (χ1v) is 10.8. The summed E-state index contributed by atoms with van der Waals surface area (Å²) in [6.45, 7) is 3.62. The maximum Gasteiger partial charge on any atom is 0.265 e. The van der Waals surface area contributed by atoms with Gasteiger partial charge in [-0.25, -0.2) is 0 Å². The number of likely N-dealkylation sites (tertiary alicyclic amines) is 1. The smallest absolute Gasteiger partial charge is 0.265 e. The molecule has 4 rings (SSSR count). The lowest BCUT2D eigenvalue weighted by Crippen LogP contribution is -2.43. The fourth-order valence-electron chi connectivity index (χ4n) is 4.31. The van der Waals surface area contributed by atoms with E-state index >= 15 is 0 Å². The van der Waals surface area contributed by atoms with E-state index in [1.54, 1.807) is 0 Å². The van der Waals surface area contributed by atoms with Crippen LogP contribution in [0.5, 0.6) is 5.75 Å². The lowest BCUT2D eigenvalue weighted by Gasteiger charge is -2.29. The molecule has 1 saturated heterocycles. The zero-order valence-electron chi connectivity index (χ0n) is 17.6. The SMILES string of the molecule is CN=C(NCCCN1C(=O)COc2ccccc21)N1CCC(Cc2ccccc2)C1. The first kappa shape index (κ1) is 20.3. The topological polar surface area (TPSA) is 57.2 Å². The Morgan fingerprint density at radius 3 is 2.80 bits per heavy atom. The van der Waals surface area contributed by atoms with Gasteiger partial charge in [-0.1, -0.05) is 42.5 Å². The number of nitrogens with zero attached hydrogens (tertiary/aromatic N) is 3. The second kappa shape index (κ2) is 9.65. The van der Waals surface area contributed by atoms with E-state index in [-0.39, 0.29) is 12.5 Å². The molecule has 0 saturated carbocycles. The monoisotopic (exact) mass is 406 g/mol. The summed E-state index contributed by atoms with van der Waals surface area (Å²) < 4.78 is 5.52. The molecule has 1 N–H and O–H groups in total. The molecule has 6 heteroatoms. The molecule has 1 unspecified atom stereocenters. The molecule has 30 heavy (non-hydrogen) atoms. The van der Waals surface area contributed by atoms with Crippen molar-refractivity contribution in [2.45, 2.75) is 19.3 Å². The Hall–Kier alpha value is -3.02. The Kier molecular flexibility index (Phi) is 6.52. The van der Waals surface area contributed by atoms with Gasteiger partial charge in [0, 0.05) is 33.2 Å². The number of nitrogens with one attached hydrogen (secondary N) is 1. The van der Waals surface area contributed by atoms with Gasteiger partial charge in [0.25, 0.3) is 5.91 Å². The van der Waals surface area contributed by atoms with E-state index in [1.165, 1.54) is 12.0 Å². The first-order chi connectivity index (χ1) is 14.7. The number of carbonyl (C=O) groups excluding carboxylic acids is 1. The number of carbonyl (C=O) groups is 1. The van der Waals surface area contributed by atoms with Gasteiger partial charge in [-0.05, 0) is 42.9 Å². The summed E-state index contributed by atoms with van der Waals surface area (Å²) >= 11 is 0. The summed E-state index contributed by atoms with van der Waals surface area (Å²) in [5.41, 5.74) is 2.27. The molecule has 158 valence electrons. The minimum absolute atomic E-state index is 0.0152. The van der Waals surface area contributed by atoms with Crippen LogP contribution in [0.2, 0.25) is 0 Å². The molecule has 2 aromatic carbocycles. The Balaban J connectivity index is 1.24. The van der Waals surface area contributed by atoms with Crippen LogP contribution in [0.15, 0.2) is 59.6 Å². The fourth-order valence-corrected chi connectivity index (χ4v) is 4.31. The molecule has 1 amide bonds. The molecule has 0 radical (unpaired) electrons. The van der Waals surface area contributed by atoms with Gasteiger partial charge in [-0.15, -0.1) is 0 Å². The minimum atomic E-state index is 0.0152. The Bertz CT molecular complexity index is 884. The van der Waals surface area contributed by atoms with E-state index in [1.807, 2.05) is 36.2 Å². The van der Waals surface area contributed by atoms with Crippen molar-refractivity contribution >= 4 is 17.6 Å². The predicted molar refractivity (Wildman–Crippen MR) is 120 cm³/mol. The van der Waals surface area contributed by atoms with E-state index in [9.17, 15) is 4.79 Å². The number of aliphatic imine (C=N–C) groups is 1. The number of anilines is 1. The van der Waals surface area contributed by atoms with Crippen LogP contribution in [-0.4, -0.2) is 56.6 Å². The third-order valence-corrected chi connectivity index (χ3v) is 5.81. The summed E-state index contributed by atoms with van der Waals surface area (Å²) in [5.74, 6) is 2.41. The first-order valence-electron chi connectivity index (χ1n) is 10.8. The molecule has 6 nitrogen and oxygen atoms in total. The van der Waals surface area contributed by atoms with Crippen LogP contribution in [0.4, 0.5) is 5.69 Å². The normalized spacial score (nSPS) is 18.9. The number of rotatable bonds is 6. The quantitative estimate of drug-likeness (QED) is 0.455. The van der Waals surface area contributed by atoms with Gasteiger partial charge in [0.15, 0.2) is 12.6 Å². The van der Waals surface area contributed by atoms with Crippen molar-refractivity contribution in [3.05, 3.63) is 60.2 Å². The van der Waals surface area contributed by atoms with E-state index in [4.69, 9.17) is 4.74 Å². The van der Waals surface area contributed by atoms with Crippen molar-refractivity contribution in [2.75, 3.05) is 44.7 Å². The van der Waals surface area contributed by atoms with Gasteiger partial charge >= 0.3 is 0 Å². The molecule has 1 fully saturated rings. The number of guanidine groups is 1. The van der Waals surface area contributed by atoms with Crippen LogP contribution in [0.25, 0.3) is 0 Å². The van der Waals surface area contributed by atoms with Crippen LogP contribution >= 0.6 is 0 Å². The Morgan fingerprint density at radius 2 is 1.97 bits per heavy atom. The number of hydrogen-bond donors (Lipinski definition) is 1. The molecule has 0 aliphatic carbocycles. The molecule has 0 aromatic heterocycles. The van der Waals surface area contributed by atoms with Crippen LogP contribution < -0.4 is 15.0 Å². The molecule has 0 spiro atoms. The number of fused-ring (bicyclic) bond motifs is 1. The Morgan fingerprint density at radius 1 is 1.17 bits per heavy atom. The molecule has 2 aliphatic rings. The maximum atomic E-state index is 12.3. The van der Waals surface area contributed by atoms with Gasteiger partial charge in [-0.3, -0.25) is 9.79 Å². The third kappa shape index (κ3) is 4.75. The number of hydrogen-bond acceptors (Lipinski definition) is 3. The van der Waals surface area contributed by atoms with Gasteiger partial charge in [0.05, 0.1) is 5.69 Å². The van der Waals surface area contributed by atoms with E-state index in [0.29, 0.717) is 12.5 Å². The van der Waals surface area contributed by atoms with Crippen LogP contribution in [0, 0.1) is 5.92 Å². The fraction of sp³-hybridized carbons (Fsp3) is 0.417. The number of ether oxygens (including phenoxy) is 1. The molecule has 2 aromatic rings. The van der Waals surface area contributed by atoms with Gasteiger partial charge in [0.1, 0.15) is 5.75 Å². The summed E-state index contributed by atoms with van der Waals surface area (Å²) in [5, 5.41) is 3.48. The van der Waals surface area contributed by atoms with E-state index in [2.05, 4.69) is 45.5 Å². The highest BCUT2D eigenvalue weighted by atomic mass is 16.5. The molecular formula is C24H30N4O2. The van der Waals surface area contributed by atoms with E-state index in [0.717, 1.165) is 49.9 Å². The van der Waals surface area contributed by atoms with E-state index < -0.39 is 0 Å². The lowest BCUT2D eigenvalue weighted by molar-refractivity contribution is -0.121. The second-order valence-corrected chi connectivity index (χ2v) is 7.92. The van der Waals surface area contributed by atoms with Crippen molar-refractivity contribution in [3.8, 4) is 5.75 Å². The largest absolute Gasteiger partial charge is 0.482 e. The van der Waals surface area contributed by atoms with Gasteiger partial charge in [0.2, 0.25) is 0 Å². The average molecular weight is 407 g/mol. The van der Waals surface area contributed by atoms with Crippen molar-refractivity contribution in [1.29, 1.82) is 0 Å². The number of benzene rings is 2.